The zero-order valence-corrected chi connectivity index (χ0v) is 19.5. The molecule has 0 atom stereocenters. The average Bonchev–Trinajstić information content (AvgIpc) is 2.81. The molecule has 1 amide bonds. The molecule has 2 bridgehead atoms. The molecule has 1 heterocycles. The summed E-state index contributed by atoms with van der Waals surface area (Å²) < 4.78 is 17.4. The third-order valence-corrected chi connectivity index (χ3v) is 5.75. The molecule has 1 aliphatic rings. The Bertz CT molecular complexity index is 1080. The minimum atomic E-state index is -0.0942. The van der Waals surface area contributed by atoms with Crippen LogP contribution >= 0.6 is 11.6 Å². The van der Waals surface area contributed by atoms with Crippen molar-refractivity contribution >= 4 is 17.5 Å². The van der Waals surface area contributed by atoms with Gasteiger partial charge in [-0.15, -0.1) is 0 Å². The molecular formula is C27H28ClNO4. The number of hydrogen-bond donors (Lipinski definition) is 0. The molecule has 0 aliphatic carbocycles. The summed E-state index contributed by atoms with van der Waals surface area (Å²) in [5.74, 6) is 1.41. The third-order valence-electron chi connectivity index (χ3n) is 5.49. The lowest BCUT2D eigenvalue weighted by Gasteiger charge is -2.24. The highest BCUT2D eigenvalue weighted by atomic mass is 35.5. The van der Waals surface area contributed by atoms with E-state index >= 15 is 0 Å². The summed E-state index contributed by atoms with van der Waals surface area (Å²) in [5.41, 5.74) is 4.59. The van der Waals surface area contributed by atoms with Crippen LogP contribution in [0.4, 0.5) is 0 Å². The number of nitrogens with zero attached hydrogens (tertiary/aromatic N) is 1. The maximum atomic E-state index is 13.0. The number of hydrogen-bond acceptors (Lipinski definition) is 4. The van der Waals surface area contributed by atoms with Gasteiger partial charge >= 0.3 is 0 Å². The van der Waals surface area contributed by atoms with Crippen molar-refractivity contribution in [1.29, 1.82) is 0 Å². The normalized spacial score (nSPS) is 14.5. The van der Waals surface area contributed by atoms with Crippen molar-refractivity contribution in [2.45, 2.75) is 19.9 Å². The summed E-state index contributed by atoms with van der Waals surface area (Å²) in [6.07, 6.45) is 0.763. The number of aryl methyl sites for hydroxylation is 1. The fourth-order valence-electron chi connectivity index (χ4n) is 3.81. The zero-order chi connectivity index (χ0) is 23.0. The molecule has 33 heavy (non-hydrogen) atoms. The lowest BCUT2D eigenvalue weighted by Crippen LogP contribution is -2.37. The number of amides is 1. The Morgan fingerprint density at radius 2 is 1.82 bits per heavy atom. The summed E-state index contributed by atoms with van der Waals surface area (Å²) >= 11 is 5.92. The third kappa shape index (κ3) is 6.73. The van der Waals surface area contributed by atoms with Gasteiger partial charge in [0.25, 0.3) is 5.91 Å². The fourth-order valence-corrected chi connectivity index (χ4v) is 3.94. The maximum absolute atomic E-state index is 13.0. The highest BCUT2D eigenvalue weighted by Gasteiger charge is 2.16. The quantitative estimate of drug-likeness (QED) is 0.542. The second-order valence-electron chi connectivity index (χ2n) is 8.13. The first kappa shape index (κ1) is 23.1. The molecule has 0 N–H and O–H groups in total. The lowest BCUT2D eigenvalue weighted by atomic mass is 10.0. The minimum Gasteiger partial charge on any atom is -0.491 e. The van der Waals surface area contributed by atoms with Gasteiger partial charge in [0.2, 0.25) is 0 Å². The Morgan fingerprint density at radius 1 is 1.00 bits per heavy atom. The van der Waals surface area contributed by atoms with Crippen molar-refractivity contribution in [2.24, 2.45) is 0 Å². The van der Waals surface area contributed by atoms with Gasteiger partial charge in [0.15, 0.2) is 6.61 Å². The Kier molecular flexibility index (Phi) is 7.87. The Morgan fingerprint density at radius 3 is 2.67 bits per heavy atom. The molecule has 0 radical (unpaired) electrons. The van der Waals surface area contributed by atoms with Gasteiger partial charge in [-0.1, -0.05) is 53.6 Å². The standard InChI is InChI=1S/C27H28ClNO4/c1-20-5-10-26-23(15-20)17-21-3-2-4-22(16-21)18-29(11-12-31-13-14-32-26)27(30)19-33-25-8-6-24(28)7-9-25/h2-10,15-16H,11-14,17-19H2,1H3. The first-order valence-corrected chi connectivity index (χ1v) is 11.5. The molecule has 0 fully saturated rings. The zero-order valence-electron chi connectivity index (χ0n) is 18.8. The average molecular weight is 466 g/mol. The van der Waals surface area contributed by atoms with Crippen LogP contribution < -0.4 is 9.47 Å². The highest BCUT2D eigenvalue weighted by Crippen LogP contribution is 2.24. The van der Waals surface area contributed by atoms with Gasteiger partial charge < -0.3 is 19.1 Å². The van der Waals surface area contributed by atoms with E-state index in [2.05, 4.69) is 31.2 Å². The first-order valence-electron chi connectivity index (χ1n) is 11.1. The van der Waals surface area contributed by atoms with E-state index in [1.807, 2.05) is 18.2 Å². The second kappa shape index (κ2) is 11.2. The summed E-state index contributed by atoms with van der Waals surface area (Å²) in [5, 5.41) is 0.627. The van der Waals surface area contributed by atoms with E-state index in [0.717, 1.165) is 23.3 Å². The smallest absolute Gasteiger partial charge is 0.260 e. The largest absolute Gasteiger partial charge is 0.491 e. The number of carbonyl (C=O) groups is 1. The number of benzene rings is 3. The van der Waals surface area contributed by atoms with E-state index in [1.54, 1.807) is 29.2 Å². The van der Waals surface area contributed by atoms with E-state index in [1.165, 1.54) is 11.1 Å². The van der Waals surface area contributed by atoms with Gasteiger partial charge in [-0.3, -0.25) is 4.79 Å². The molecular weight excluding hydrogens is 438 g/mol. The van der Waals surface area contributed by atoms with Gasteiger partial charge in [-0.25, -0.2) is 0 Å². The summed E-state index contributed by atoms with van der Waals surface area (Å²) in [6.45, 7) is 4.36. The van der Waals surface area contributed by atoms with E-state index in [0.29, 0.717) is 43.7 Å². The molecule has 172 valence electrons. The molecule has 5 nitrogen and oxygen atoms in total. The summed E-state index contributed by atoms with van der Waals surface area (Å²) in [4.78, 5) is 14.7. The van der Waals surface area contributed by atoms with Crippen LogP contribution in [0.5, 0.6) is 11.5 Å². The summed E-state index contributed by atoms with van der Waals surface area (Å²) in [7, 11) is 0. The SMILES string of the molecule is Cc1ccc2c(c1)Cc1cccc(c1)CN(C(=O)COc1ccc(Cl)cc1)CCOCCO2. The molecule has 0 saturated carbocycles. The van der Waals surface area contributed by atoms with Crippen molar-refractivity contribution in [3.63, 3.8) is 0 Å². The van der Waals surface area contributed by atoms with Crippen molar-refractivity contribution in [3.05, 3.63) is 94.0 Å². The van der Waals surface area contributed by atoms with Crippen molar-refractivity contribution in [3.8, 4) is 11.5 Å². The second-order valence-corrected chi connectivity index (χ2v) is 8.56. The van der Waals surface area contributed by atoms with Crippen LogP contribution in [0.3, 0.4) is 0 Å². The van der Waals surface area contributed by atoms with Crippen LogP contribution in [0, 0.1) is 6.92 Å². The van der Waals surface area contributed by atoms with Crippen LogP contribution in [0.1, 0.15) is 22.3 Å². The van der Waals surface area contributed by atoms with E-state index in [-0.39, 0.29) is 12.5 Å². The van der Waals surface area contributed by atoms with Crippen LogP contribution in [0.25, 0.3) is 0 Å². The van der Waals surface area contributed by atoms with E-state index in [9.17, 15) is 4.79 Å². The predicted molar refractivity (Wildman–Crippen MR) is 129 cm³/mol. The minimum absolute atomic E-state index is 0.0446. The van der Waals surface area contributed by atoms with E-state index in [4.69, 9.17) is 25.8 Å². The van der Waals surface area contributed by atoms with Gasteiger partial charge in [0, 0.05) is 24.5 Å². The van der Waals surface area contributed by atoms with Gasteiger partial charge in [0.05, 0.1) is 13.2 Å². The van der Waals surface area contributed by atoms with Crippen LogP contribution in [0.2, 0.25) is 5.02 Å². The first-order chi connectivity index (χ1) is 16.1. The molecule has 0 unspecified atom stereocenters. The predicted octanol–water partition coefficient (Wildman–Crippen LogP) is 5.06. The van der Waals surface area contributed by atoms with Crippen molar-refractivity contribution in [2.75, 3.05) is 33.0 Å². The Balaban J connectivity index is 1.50. The van der Waals surface area contributed by atoms with Crippen LogP contribution in [-0.2, 0) is 22.5 Å². The van der Waals surface area contributed by atoms with Crippen molar-refractivity contribution < 1.29 is 19.0 Å². The lowest BCUT2D eigenvalue weighted by molar-refractivity contribution is -0.134. The number of halogens is 1. The summed E-state index contributed by atoms with van der Waals surface area (Å²) in [6, 6.07) is 21.6. The fraction of sp³-hybridized carbons (Fsp3) is 0.296. The molecule has 0 saturated heterocycles. The van der Waals surface area contributed by atoms with E-state index < -0.39 is 0 Å². The Labute approximate surface area is 199 Å². The molecule has 0 spiro atoms. The van der Waals surface area contributed by atoms with Gasteiger partial charge in [-0.2, -0.15) is 0 Å². The number of carbonyl (C=O) groups excluding carboxylic acids is 1. The monoisotopic (exact) mass is 465 g/mol. The molecule has 1 aliphatic heterocycles. The van der Waals surface area contributed by atoms with Gasteiger partial charge in [-0.05, 0) is 53.9 Å². The van der Waals surface area contributed by atoms with Crippen LogP contribution in [0.15, 0.2) is 66.7 Å². The topological polar surface area (TPSA) is 48.0 Å². The number of ether oxygens (including phenoxy) is 3. The van der Waals surface area contributed by atoms with Crippen LogP contribution in [-0.4, -0.2) is 43.8 Å². The molecule has 6 heteroatoms. The molecule has 0 aromatic heterocycles. The molecule has 4 rings (SSSR count). The van der Waals surface area contributed by atoms with Gasteiger partial charge in [0.1, 0.15) is 18.1 Å². The highest BCUT2D eigenvalue weighted by molar-refractivity contribution is 6.30. The molecule has 3 aromatic carbocycles. The number of rotatable bonds is 3. The molecule has 3 aromatic rings. The Hall–Kier alpha value is -3.02. The maximum Gasteiger partial charge on any atom is 0.260 e. The number of fused-ring (bicyclic) bond motifs is 3. The van der Waals surface area contributed by atoms with Crippen molar-refractivity contribution in [1.82, 2.24) is 4.90 Å².